The van der Waals surface area contributed by atoms with E-state index in [1.54, 1.807) is 11.3 Å². The van der Waals surface area contributed by atoms with Gasteiger partial charge in [0.25, 0.3) is 0 Å². The minimum Gasteiger partial charge on any atom is -0.298 e. The standard InChI is InChI=1S/C19H11ClN2S/c20-15-9-6-14(7-10-15)8-11-16-17-4-1-2-12-22(17)19(21-16)18-5-3-13-23-18/h1-7,9-10,12-13H. The number of fused-ring (bicyclic) bond motifs is 1. The molecular formula is C19H11ClN2S. The highest BCUT2D eigenvalue weighted by Crippen LogP contribution is 2.26. The van der Waals surface area contributed by atoms with E-state index in [0.717, 1.165) is 27.5 Å². The molecule has 0 atom stereocenters. The van der Waals surface area contributed by atoms with E-state index < -0.39 is 0 Å². The molecule has 4 aromatic rings. The first-order valence-corrected chi connectivity index (χ1v) is 8.35. The highest BCUT2D eigenvalue weighted by atomic mass is 35.5. The van der Waals surface area contributed by atoms with Gasteiger partial charge in [-0.05, 0) is 53.8 Å². The smallest absolute Gasteiger partial charge is 0.156 e. The van der Waals surface area contributed by atoms with Crippen LogP contribution in [0.1, 0.15) is 11.3 Å². The number of imidazole rings is 1. The Morgan fingerprint density at radius 2 is 1.83 bits per heavy atom. The minimum atomic E-state index is 0.711. The summed E-state index contributed by atoms with van der Waals surface area (Å²) in [6.07, 6.45) is 2.02. The third-order valence-corrected chi connectivity index (χ3v) is 4.58. The van der Waals surface area contributed by atoms with Gasteiger partial charge in [-0.3, -0.25) is 4.40 Å². The summed E-state index contributed by atoms with van der Waals surface area (Å²) in [5.74, 6) is 7.27. The van der Waals surface area contributed by atoms with Crippen LogP contribution in [0.15, 0.2) is 66.2 Å². The second-order valence-electron chi connectivity index (χ2n) is 4.97. The molecule has 1 aromatic carbocycles. The third-order valence-electron chi connectivity index (χ3n) is 3.46. The van der Waals surface area contributed by atoms with Crippen LogP contribution in [-0.4, -0.2) is 9.38 Å². The maximum Gasteiger partial charge on any atom is 0.156 e. The van der Waals surface area contributed by atoms with Gasteiger partial charge >= 0.3 is 0 Å². The molecule has 0 aliphatic carbocycles. The van der Waals surface area contributed by atoms with Crippen LogP contribution in [-0.2, 0) is 0 Å². The Morgan fingerprint density at radius 3 is 2.61 bits per heavy atom. The summed E-state index contributed by atoms with van der Waals surface area (Å²) in [5.41, 5.74) is 2.71. The normalized spacial score (nSPS) is 10.5. The molecule has 0 bridgehead atoms. The highest BCUT2D eigenvalue weighted by molar-refractivity contribution is 7.13. The van der Waals surface area contributed by atoms with Crippen LogP contribution in [0.3, 0.4) is 0 Å². The molecule has 110 valence electrons. The van der Waals surface area contributed by atoms with Crippen LogP contribution in [0.4, 0.5) is 0 Å². The molecule has 0 aliphatic rings. The maximum atomic E-state index is 5.90. The molecule has 0 saturated carbocycles. The predicted molar refractivity (Wildman–Crippen MR) is 95.9 cm³/mol. The summed E-state index contributed by atoms with van der Waals surface area (Å²) in [7, 11) is 0. The topological polar surface area (TPSA) is 17.3 Å². The Morgan fingerprint density at radius 1 is 0.957 bits per heavy atom. The van der Waals surface area contributed by atoms with Crippen molar-refractivity contribution in [1.82, 2.24) is 9.38 Å². The average molecular weight is 335 g/mol. The van der Waals surface area contributed by atoms with Gasteiger partial charge < -0.3 is 0 Å². The van der Waals surface area contributed by atoms with Crippen molar-refractivity contribution in [2.45, 2.75) is 0 Å². The van der Waals surface area contributed by atoms with Crippen LogP contribution >= 0.6 is 22.9 Å². The zero-order valence-electron chi connectivity index (χ0n) is 12.0. The molecule has 0 N–H and O–H groups in total. The first kappa shape index (κ1) is 14.1. The number of halogens is 1. The van der Waals surface area contributed by atoms with Crippen molar-refractivity contribution in [1.29, 1.82) is 0 Å². The van der Waals surface area contributed by atoms with E-state index in [0.29, 0.717) is 5.02 Å². The van der Waals surface area contributed by atoms with Crippen molar-refractivity contribution in [3.8, 4) is 22.5 Å². The molecule has 0 unspecified atom stereocenters. The lowest BCUT2D eigenvalue weighted by molar-refractivity contribution is 1.17. The van der Waals surface area contributed by atoms with Gasteiger partial charge in [0.1, 0.15) is 5.69 Å². The van der Waals surface area contributed by atoms with Crippen molar-refractivity contribution in [3.05, 3.63) is 82.5 Å². The monoisotopic (exact) mass is 334 g/mol. The van der Waals surface area contributed by atoms with Gasteiger partial charge in [-0.1, -0.05) is 29.7 Å². The van der Waals surface area contributed by atoms with Crippen molar-refractivity contribution < 1.29 is 0 Å². The Bertz CT molecular complexity index is 1020. The SMILES string of the molecule is Clc1ccc(C#Cc2nc(-c3cccs3)n3ccccc23)cc1. The third kappa shape index (κ3) is 2.75. The maximum absolute atomic E-state index is 5.90. The number of nitrogens with zero attached hydrogens (tertiary/aromatic N) is 2. The number of hydrogen-bond acceptors (Lipinski definition) is 2. The Balaban J connectivity index is 1.84. The molecule has 0 amide bonds. The molecule has 2 nitrogen and oxygen atoms in total. The van der Waals surface area contributed by atoms with E-state index in [1.807, 2.05) is 54.7 Å². The molecule has 0 aliphatic heterocycles. The van der Waals surface area contributed by atoms with E-state index in [1.165, 1.54) is 0 Å². The molecule has 0 saturated heterocycles. The second-order valence-corrected chi connectivity index (χ2v) is 6.36. The van der Waals surface area contributed by atoms with Gasteiger partial charge in [-0.15, -0.1) is 11.3 Å². The number of rotatable bonds is 1. The molecule has 0 radical (unpaired) electrons. The van der Waals surface area contributed by atoms with Gasteiger partial charge in [0.2, 0.25) is 0 Å². The summed E-state index contributed by atoms with van der Waals surface area (Å²) in [5, 5.41) is 2.77. The molecule has 4 heteroatoms. The average Bonchev–Trinajstić information content (AvgIpc) is 3.22. The van der Waals surface area contributed by atoms with Gasteiger partial charge in [-0.25, -0.2) is 4.98 Å². The van der Waals surface area contributed by atoms with Gasteiger partial charge in [-0.2, -0.15) is 0 Å². The molecule has 23 heavy (non-hydrogen) atoms. The molecule has 3 aromatic heterocycles. The van der Waals surface area contributed by atoms with Gasteiger partial charge in [0, 0.05) is 16.8 Å². The lowest BCUT2D eigenvalue weighted by atomic mass is 10.2. The minimum absolute atomic E-state index is 0.711. The Hall–Kier alpha value is -2.54. The zero-order chi connectivity index (χ0) is 15.6. The van der Waals surface area contributed by atoms with Crippen molar-refractivity contribution in [2.75, 3.05) is 0 Å². The number of benzene rings is 1. The Labute approximate surface area is 143 Å². The summed E-state index contributed by atoms with van der Waals surface area (Å²) in [4.78, 5) is 5.87. The first-order valence-electron chi connectivity index (χ1n) is 7.10. The van der Waals surface area contributed by atoms with E-state index in [9.17, 15) is 0 Å². The van der Waals surface area contributed by atoms with Crippen molar-refractivity contribution in [2.24, 2.45) is 0 Å². The van der Waals surface area contributed by atoms with Crippen molar-refractivity contribution in [3.63, 3.8) is 0 Å². The number of aromatic nitrogens is 2. The lowest BCUT2D eigenvalue weighted by Crippen LogP contribution is -1.85. The summed E-state index contributed by atoms with van der Waals surface area (Å²) < 4.78 is 2.08. The van der Waals surface area contributed by atoms with E-state index in [4.69, 9.17) is 16.6 Å². The first-order chi connectivity index (χ1) is 11.3. The fraction of sp³-hybridized carbons (Fsp3) is 0. The molecule has 0 spiro atoms. The van der Waals surface area contributed by atoms with E-state index in [-0.39, 0.29) is 0 Å². The number of hydrogen-bond donors (Lipinski definition) is 0. The molecule has 3 heterocycles. The van der Waals surface area contributed by atoms with Gasteiger partial charge in [0.15, 0.2) is 5.82 Å². The van der Waals surface area contributed by atoms with Crippen LogP contribution in [0.25, 0.3) is 16.2 Å². The summed E-state index contributed by atoms with van der Waals surface area (Å²) in [6, 6.07) is 17.6. The van der Waals surface area contributed by atoms with Crippen molar-refractivity contribution >= 4 is 28.5 Å². The molecule has 4 rings (SSSR count). The lowest BCUT2D eigenvalue weighted by Gasteiger charge is -1.96. The number of pyridine rings is 1. The summed E-state index contributed by atoms with van der Waals surface area (Å²) in [6.45, 7) is 0. The van der Waals surface area contributed by atoms with E-state index in [2.05, 4.69) is 27.7 Å². The zero-order valence-corrected chi connectivity index (χ0v) is 13.6. The fourth-order valence-corrected chi connectivity index (χ4v) is 3.21. The predicted octanol–water partition coefficient (Wildman–Crippen LogP) is 5.12. The van der Waals surface area contributed by atoms with E-state index >= 15 is 0 Å². The quantitative estimate of drug-likeness (QED) is 0.442. The van der Waals surface area contributed by atoms with Crippen LogP contribution in [0.5, 0.6) is 0 Å². The largest absolute Gasteiger partial charge is 0.298 e. The van der Waals surface area contributed by atoms with Gasteiger partial charge in [0.05, 0.1) is 10.4 Å². The summed E-state index contributed by atoms with van der Waals surface area (Å²) >= 11 is 7.58. The number of thiophene rings is 1. The fourth-order valence-electron chi connectivity index (χ4n) is 2.37. The van der Waals surface area contributed by atoms with Crippen LogP contribution in [0, 0.1) is 11.8 Å². The van der Waals surface area contributed by atoms with Crippen LogP contribution in [0.2, 0.25) is 5.02 Å². The Kier molecular flexibility index (Phi) is 3.63. The molecular weight excluding hydrogens is 324 g/mol. The van der Waals surface area contributed by atoms with Crippen LogP contribution < -0.4 is 0 Å². The molecule has 0 fully saturated rings. The second kappa shape index (κ2) is 5.92. The highest BCUT2D eigenvalue weighted by Gasteiger charge is 2.11.